The van der Waals surface area contributed by atoms with E-state index in [-0.39, 0.29) is 5.95 Å². The normalized spacial score (nSPS) is 15.6. The minimum atomic E-state index is -4.54. The molecule has 0 atom stereocenters. The Morgan fingerprint density at radius 3 is 2.45 bits per heavy atom. The van der Waals surface area contributed by atoms with Crippen LogP contribution in [0.5, 0.6) is 0 Å². The number of rotatable bonds is 4. The van der Waals surface area contributed by atoms with Gasteiger partial charge in [-0.25, -0.2) is 9.97 Å². The molecule has 5 nitrogen and oxygen atoms in total. The third-order valence-corrected chi connectivity index (χ3v) is 5.03. The number of hydrogen-bond donors (Lipinski definition) is 2. The van der Waals surface area contributed by atoms with Gasteiger partial charge in [-0.3, -0.25) is 4.98 Å². The summed E-state index contributed by atoms with van der Waals surface area (Å²) < 4.78 is 38.6. The van der Waals surface area contributed by atoms with Crippen LogP contribution in [-0.2, 0) is 11.8 Å². The number of anilines is 2. The van der Waals surface area contributed by atoms with E-state index >= 15 is 0 Å². The molecule has 1 fully saturated rings. The zero-order chi connectivity index (χ0) is 20.6. The summed E-state index contributed by atoms with van der Waals surface area (Å²) in [5, 5.41) is 13.4. The lowest BCUT2D eigenvalue weighted by Gasteiger charge is -2.36. The second-order valence-electron chi connectivity index (χ2n) is 7.29. The fourth-order valence-electron chi connectivity index (χ4n) is 3.36. The summed E-state index contributed by atoms with van der Waals surface area (Å²) in [6.07, 6.45) is 0.549. The Morgan fingerprint density at radius 1 is 1.00 bits per heavy atom. The van der Waals surface area contributed by atoms with Gasteiger partial charge in [-0.05, 0) is 73.2 Å². The van der Waals surface area contributed by atoms with Gasteiger partial charge in [0.15, 0.2) is 0 Å². The number of alkyl halides is 3. The monoisotopic (exact) mass is 400 g/mol. The maximum atomic E-state index is 12.9. The number of aliphatic hydroxyl groups is 1. The smallest absolute Gasteiger partial charge is 0.384 e. The van der Waals surface area contributed by atoms with Crippen molar-refractivity contribution in [3.8, 4) is 11.1 Å². The topological polar surface area (TPSA) is 70.9 Å². The Morgan fingerprint density at radius 2 is 1.76 bits per heavy atom. The predicted molar refractivity (Wildman–Crippen MR) is 102 cm³/mol. The number of nitrogens with one attached hydrogen (secondary N) is 1. The molecule has 150 valence electrons. The molecule has 8 heteroatoms. The fraction of sp³-hybridized carbons (Fsp3) is 0.286. The fourth-order valence-corrected chi connectivity index (χ4v) is 3.36. The van der Waals surface area contributed by atoms with Crippen LogP contribution in [0, 0.1) is 6.92 Å². The molecule has 1 saturated carbocycles. The van der Waals surface area contributed by atoms with E-state index in [1.165, 1.54) is 0 Å². The van der Waals surface area contributed by atoms with Gasteiger partial charge in [0.25, 0.3) is 0 Å². The first kappa shape index (κ1) is 19.3. The van der Waals surface area contributed by atoms with E-state index in [2.05, 4.69) is 20.3 Å². The molecule has 2 aromatic heterocycles. The Bertz CT molecular complexity index is 1050. The van der Waals surface area contributed by atoms with Gasteiger partial charge in [-0.2, -0.15) is 13.2 Å². The molecule has 0 aliphatic heterocycles. The molecule has 0 radical (unpaired) electrons. The zero-order valence-electron chi connectivity index (χ0n) is 15.7. The molecule has 29 heavy (non-hydrogen) atoms. The SMILES string of the molecule is Cc1cc(Nc2nccc(C(F)(F)F)n2)cc(-c2ccnc(C3(O)CCC3)c2)c1. The van der Waals surface area contributed by atoms with Gasteiger partial charge in [-0.15, -0.1) is 0 Å². The van der Waals surface area contributed by atoms with Crippen molar-refractivity contribution in [1.82, 2.24) is 15.0 Å². The maximum absolute atomic E-state index is 12.9. The van der Waals surface area contributed by atoms with E-state index in [9.17, 15) is 18.3 Å². The number of pyridine rings is 1. The van der Waals surface area contributed by atoms with Crippen molar-refractivity contribution in [2.75, 3.05) is 5.32 Å². The Labute approximate surface area is 165 Å². The molecule has 4 rings (SSSR count). The van der Waals surface area contributed by atoms with Crippen LogP contribution in [0.15, 0.2) is 48.8 Å². The van der Waals surface area contributed by atoms with Gasteiger partial charge in [0.1, 0.15) is 11.3 Å². The van der Waals surface area contributed by atoms with Crippen LogP contribution in [0.2, 0.25) is 0 Å². The van der Waals surface area contributed by atoms with E-state index in [4.69, 9.17) is 0 Å². The second kappa shape index (κ2) is 7.11. The molecule has 0 saturated heterocycles. The van der Waals surface area contributed by atoms with E-state index in [0.717, 1.165) is 35.4 Å². The van der Waals surface area contributed by atoms with E-state index in [1.54, 1.807) is 18.3 Å². The first-order valence-electron chi connectivity index (χ1n) is 9.21. The van der Waals surface area contributed by atoms with Gasteiger partial charge in [0.2, 0.25) is 5.95 Å². The predicted octanol–water partition coefficient (Wildman–Crippen LogP) is 4.98. The van der Waals surface area contributed by atoms with Crippen molar-refractivity contribution in [2.24, 2.45) is 0 Å². The Balaban J connectivity index is 1.65. The number of aromatic nitrogens is 3. The highest BCUT2D eigenvalue weighted by Gasteiger charge is 2.37. The molecule has 2 N–H and O–H groups in total. The molecule has 1 aliphatic carbocycles. The van der Waals surface area contributed by atoms with Crippen molar-refractivity contribution in [3.05, 3.63) is 65.7 Å². The molecular formula is C21H19F3N4O. The van der Waals surface area contributed by atoms with Gasteiger partial charge in [0.05, 0.1) is 5.69 Å². The summed E-state index contributed by atoms with van der Waals surface area (Å²) in [4.78, 5) is 11.7. The van der Waals surface area contributed by atoms with Crippen LogP contribution in [0.3, 0.4) is 0 Å². The van der Waals surface area contributed by atoms with Gasteiger partial charge >= 0.3 is 6.18 Å². The largest absolute Gasteiger partial charge is 0.433 e. The van der Waals surface area contributed by atoms with Crippen molar-refractivity contribution in [1.29, 1.82) is 0 Å². The molecule has 1 aliphatic rings. The number of benzene rings is 1. The average molecular weight is 400 g/mol. The minimum Gasteiger partial charge on any atom is -0.384 e. The maximum Gasteiger partial charge on any atom is 0.433 e. The molecule has 2 heterocycles. The number of aryl methyl sites for hydroxylation is 1. The van der Waals surface area contributed by atoms with Crippen LogP contribution < -0.4 is 5.32 Å². The van der Waals surface area contributed by atoms with Gasteiger partial charge in [-0.1, -0.05) is 6.07 Å². The van der Waals surface area contributed by atoms with Crippen molar-refractivity contribution < 1.29 is 18.3 Å². The van der Waals surface area contributed by atoms with Crippen molar-refractivity contribution in [3.63, 3.8) is 0 Å². The van der Waals surface area contributed by atoms with Crippen LogP contribution in [0.4, 0.5) is 24.8 Å². The summed E-state index contributed by atoms with van der Waals surface area (Å²) in [6.45, 7) is 1.89. The molecule has 0 spiro atoms. The molecule has 0 bridgehead atoms. The summed E-state index contributed by atoms with van der Waals surface area (Å²) in [5.74, 6) is -0.129. The molecule has 3 aromatic rings. The molecule has 1 aromatic carbocycles. The van der Waals surface area contributed by atoms with Gasteiger partial charge in [0, 0.05) is 18.1 Å². The Hall–Kier alpha value is -3.00. The van der Waals surface area contributed by atoms with E-state index in [0.29, 0.717) is 24.2 Å². The lowest BCUT2D eigenvalue weighted by atomic mass is 9.77. The highest BCUT2D eigenvalue weighted by atomic mass is 19.4. The van der Waals surface area contributed by atoms with Crippen LogP contribution in [0.25, 0.3) is 11.1 Å². The highest BCUT2D eigenvalue weighted by Crippen LogP contribution is 2.41. The average Bonchev–Trinajstić information content (AvgIpc) is 2.65. The van der Waals surface area contributed by atoms with E-state index in [1.807, 2.05) is 25.1 Å². The lowest BCUT2D eigenvalue weighted by Crippen LogP contribution is -2.34. The Kier molecular flexibility index (Phi) is 4.74. The number of hydrogen-bond acceptors (Lipinski definition) is 5. The number of halogens is 3. The standard InChI is InChI=1S/C21H19F3N4O/c1-13-9-15(14-3-7-25-18(12-14)20(29)5-2-6-20)11-16(10-13)27-19-26-8-4-17(28-19)21(22,23)24/h3-4,7-12,29H,2,5-6H2,1H3,(H,26,27,28). The third-order valence-electron chi connectivity index (χ3n) is 5.03. The molecular weight excluding hydrogens is 381 g/mol. The van der Waals surface area contributed by atoms with Crippen LogP contribution in [0.1, 0.15) is 36.2 Å². The second-order valence-corrected chi connectivity index (χ2v) is 7.29. The first-order valence-corrected chi connectivity index (χ1v) is 9.21. The third kappa shape index (κ3) is 4.07. The summed E-state index contributed by atoms with van der Waals surface area (Å²) >= 11 is 0. The number of nitrogens with zero attached hydrogens (tertiary/aromatic N) is 3. The van der Waals surface area contributed by atoms with Crippen LogP contribution in [-0.4, -0.2) is 20.1 Å². The van der Waals surface area contributed by atoms with E-state index < -0.39 is 17.5 Å². The molecule has 0 unspecified atom stereocenters. The minimum absolute atomic E-state index is 0.129. The van der Waals surface area contributed by atoms with Crippen molar-refractivity contribution in [2.45, 2.75) is 38.0 Å². The van der Waals surface area contributed by atoms with Crippen LogP contribution >= 0.6 is 0 Å². The van der Waals surface area contributed by atoms with Gasteiger partial charge < -0.3 is 10.4 Å². The quantitative estimate of drug-likeness (QED) is 0.646. The van der Waals surface area contributed by atoms with Crippen molar-refractivity contribution >= 4 is 11.6 Å². The lowest BCUT2D eigenvalue weighted by molar-refractivity contribution is -0.141. The zero-order valence-corrected chi connectivity index (χ0v) is 15.7. The first-order chi connectivity index (χ1) is 13.7. The highest BCUT2D eigenvalue weighted by molar-refractivity contribution is 5.71. The summed E-state index contributed by atoms with van der Waals surface area (Å²) in [7, 11) is 0. The summed E-state index contributed by atoms with van der Waals surface area (Å²) in [5.41, 5.74) is 1.97. The summed E-state index contributed by atoms with van der Waals surface area (Å²) in [6, 6.07) is 10.1. The molecule has 0 amide bonds.